The molecule has 1 aromatic carbocycles. The Morgan fingerprint density at radius 3 is 2.75 bits per heavy atom. The summed E-state index contributed by atoms with van der Waals surface area (Å²) in [7, 11) is 0. The summed E-state index contributed by atoms with van der Waals surface area (Å²) < 4.78 is 5.06. The van der Waals surface area contributed by atoms with Gasteiger partial charge in [0.05, 0.1) is 24.3 Å². The lowest BCUT2D eigenvalue weighted by molar-refractivity contribution is -0.384. The molecule has 0 aliphatic heterocycles. The van der Waals surface area contributed by atoms with E-state index in [1.54, 1.807) is 18.2 Å². The van der Waals surface area contributed by atoms with Crippen LogP contribution >= 0.6 is 0 Å². The SMILES string of the molecule is O=C(/C=C/c1cccc([N+](=O)[O-])c1)NCC(=O)NCc1ccco1. The van der Waals surface area contributed by atoms with Crippen LogP contribution in [0.3, 0.4) is 0 Å². The van der Waals surface area contributed by atoms with Crippen molar-refractivity contribution < 1.29 is 18.9 Å². The van der Waals surface area contributed by atoms with Crippen LogP contribution in [0.1, 0.15) is 11.3 Å². The van der Waals surface area contributed by atoms with Gasteiger partial charge < -0.3 is 15.1 Å². The summed E-state index contributed by atoms with van der Waals surface area (Å²) in [5.74, 6) is -0.224. The fourth-order valence-corrected chi connectivity index (χ4v) is 1.80. The Hall–Kier alpha value is -3.42. The summed E-state index contributed by atoms with van der Waals surface area (Å²) in [6, 6.07) is 9.30. The smallest absolute Gasteiger partial charge is 0.270 e. The van der Waals surface area contributed by atoms with E-state index in [9.17, 15) is 19.7 Å². The Labute approximate surface area is 137 Å². The predicted molar refractivity (Wildman–Crippen MR) is 85.7 cm³/mol. The molecule has 0 saturated carbocycles. The van der Waals surface area contributed by atoms with E-state index in [-0.39, 0.29) is 24.7 Å². The Kier molecular flexibility index (Phi) is 5.84. The molecule has 0 aliphatic rings. The first kappa shape index (κ1) is 16.9. The van der Waals surface area contributed by atoms with Gasteiger partial charge in [0, 0.05) is 18.2 Å². The fraction of sp³-hybridized carbons (Fsp3) is 0.125. The molecule has 8 nitrogen and oxygen atoms in total. The molecular formula is C16H15N3O5. The molecule has 0 spiro atoms. The Bertz CT molecular complexity index is 753. The van der Waals surface area contributed by atoms with Crippen LogP contribution in [0.5, 0.6) is 0 Å². The minimum atomic E-state index is -0.513. The van der Waals surface area contributed by atoms with Crippen molar-refractivity contribution in [3.05, 3.63) is 70.2 Å². The maximum absolute atomic E-state index is 11.6. The molecule has 2 amide bonds. The van der Waals surface area contributed by atoms with Gasteiger partial charge in [-0.3, -0.25) is 19.7 Å². The zero-order valence-electron chi connectivity index (χ0n) is 12.6. The summed E-state index contributed by atoms with van der Waals surface area (Å²) in [6.45, 7) is 0.0596. The van der Waals surface area contributed by atoms with E-state index < -0.39 is 10.8 Å². The van der Waals surface area contributed by atoms with Crippen molar-refractivity contribution in [1.82, 2.24) is 10.6 Å². The normalized spacial score (nSPS) is 10.5. The second-order valence-corrected chi connectivity index (χ2v) is 4.76. The van der Waals surface area contributed by atoms with E-state index in [1.807, 2.05) is 0 Å². The van der Waals surface area contributed by atoms with Gasteiger partial charge in [-0.2, -0.15) is 0 Å². The van der Waals surface area contributed by atoms with E-state index in [0.717, 1.165) is 0 Å². The average molecular weight is 329 g/mol. The molecule has 0 aliphatic carbocycles. The van der Waals surface area contributed by atoms with Crippen LogP contribution in [0.4, 0.5) is 5.69 Å². The molecule has 0 unspecified atom stereocenters. The second kappa shape index (κ2) is 8.28. The van der Waals surface area contributed by atoms with E-state index >= 15 is 0 Å². The van der Waals surface area contributed by atoms with Crippen molar-refractivity contribution in [2.24, 2.45) is 0 Å². The molecule has 24 heavy (non-hydrogen) atoms. The monoisotopic (exact) mass is 329 g/mol. The molecule has 1 aromatic heterocycles. The van der Waals surface area contributed by atoms with Gasteiger partial charge in [0.25, 0.3) is 5.69 Å². The number of nitrogens with one attached hydrogen (secondary N) is 2. The summed E-state index contributed by atoms with van der Waals surface area (Å²) >= 11 is 0. The number of rotatable bonds is 7. The van der Waals surface area contributed by atoms with Crippen molar-refractivity contribution in [2.75, 3.05) is 6.54 Å². The fourth-order valence-electron chi connectivity index (χ4n) is 1.80. The molecule has 0 radical (unpaired) electrons. The predicted octanol–water partition coefficient (Wildman–Crippen LogP) is 1.63. The van der Waals surface area contributed by atoms with Gasteiger partial charge in [-0.1, -0.05) is 12.1 Å². The third-order valence-electron chi connectivity index (χ3n) is 2.97. The first-order valence-corrected chi connectivity index (χ1v) is 7.04. The largest absolute Gasteiger partial charge is 0.467 e. The van der Waals surface area contributed by atoms with Crippen LogP contribution in [0, 0.1) is 10.1 Å². The molecule has 1 heterocycles. The van der Waals surface area contributed by atoms with Crippen molar-refractivity contribution in [1.29, 1.82) is 0 Å². The highest BCUT2D eigenvalue weighted by Crippen LogP contribution is 2.13. The number of furan rings is 1. The van der Waals surface area contributed by atoms with Crippen molar-refractivity contribution >= 4 is 23.6 Å². The van der Waals surface area contributed by atoms with Crippen LogP contribution < -0.4 is 10.6 Å². The molecule has 2 aromatic rings. The van der Waals surface area contributed by atoms with Crippen molar-refractivity contribution in [3.8, 4) is 0 Å². The Morgan fingerprint density at radius 2 is 2.04 bits per heavy atom. The maximum Gasteiger partial charge on any atom is 0.270 e. The van der Waals surface area contributed by atoms with Crippen LogP contribution in [0.15, 0.2) is 53.2 Å². The van der Waals surface area contributed by atoms with Crippen molar-refractivity contribution in [3.63, 3.8) is 0 Å². The van der Waals surface area contributed by atoms with Gasteiger partial charge in [-0.05, 0) is 23.8 Å². The standard InChI is InChI=1S/C16H15N3O5/c20-15(7-6-12-3-1-4-13(9-12)19(22)23)18-11-16(21)17-10-14-5-2-8-24-14/h1-9H,10-11H2,(H,17,21)(H,18,20)/b7-6+. The van der Waals surface area contributed by atoms with Gasteiger partial charge in [0.1, 0.15) is 5.76 Å². The summed E-state index contributed by atoms with van der Waals surface area (Å²) in [5, 5.41) is 15.7. The van der Waals surface area contributed by atoms with Gasteiger partial charge in [0.2, 0.25) is 11.8 Å². The van der Waals surface area contributed by atoms with Crippen molar-refractivity contribution in [2.45, 2.75) is 6.54 Å². The second-order valence-electron chi connectivity index (χ2n) is 4.76. The minimum Gasteiger partial charge on any atom is -0.467 e. The van der Waals surface area contributed by atoms with E-state index in [1.165, 1.54) is 36.6 Å². The molecule has 0 saturated heterocycles. The minimum absolute atomic E-state index is 0.0603. The van der Waals surface area contributed by atoms with Crippen LogP contribution in [0.25, 0.3) is 6.08 Å². The third-order valence-corrected chi connectivity index (χ3v) is 2.97. The first-order chi connectivity index (χ1) is 11.5. The van der Waals surface area contributed by atoms with Gasteiger partial charge in [-0.15, -0.1) is 0 Å². The number of nitro groups is 1. The summed E-state index contributed by atoms with van der Waals surface area (Å²) in [6.07, 6.45) is 4.14. The van der Waals surface area contributed by atoms with E-state index in [0.29, 0.717) is 11.3 Å². The lowest BCUT2D eigenvalue weighted by Gasteiger charge is -2.03. The Morgan fingerprint density at radius 1 is 1.21 bits per heavy atom. The molecule has 0 bridgehead atoms. The van der Waals surface area contributed by atoms with E-state index in [2.05, 4.69) is 10.6 Å². The molecule has 0 fully saturated rings. The molecule has 2 N–H and O–H groups in total. The number of nitrogens with zero attached hydrogens (tertiary/aromatic N) is 1. The van der Waals surface area contributed by atoms with Gasteiger partial charge in [-0.25, -0.2) is 0 Å². The Balaban J connectivity index is 1.77. The number of non-ortho nitro benzene ring substituents is 1. The lowest BCUT2D eigenvalue weighted by Crippen LogP contribution is -2.35. The highest BCUT2D eigenvalue weighted by molar-refractivity contribution is 5.94. The summed E-state index contributed by atoms with van der Waals surface area (Å²) in [5.41, 5.74) is 0.455. The topological polar surface area (TPSA) is 114 Å². The van der Waals surface area contributed by atoms with E-state index in [4.69, 9.17) is 4.42 Å². The van der Waals surface area contributed by atoms with Gasteiger partial charge in [0.15, 0.2) is 0 Å². The summed E-state index contributed by atoms with van der Waals surface area (Å²) in [4.78, 5) is 33.4. The molecule has 0 atom stereocenters. The zero-order chi connectivity index (χ0) is 17.4. The van der Waals surface area contributed by atoms with Crippen LogP contribution in [-0.2, 0) is 16.1 Å². The molecular weight excluding hydrogens is 314 g/mol. The number of nitro benzene ring substituents is 1. The van der Waals surface area contributed by atoms with Crippen LogP contribution in [-0.4, -0.2) is 23.3 Å². The number of hydrogen-bond donors (Lipinski definition) is 2. The highest BCUT2D eigenvalue weighted by Gasteiger charge is 2.06. The number of carbonyl (C=O) groups is 2. The average Bonchev–Trinajstić information content (AvgIpc) is 3.10. The van der Waals surface area contributed by atoms with Crippen LogP contribution in [0.2, 0.25) is 0 Å². The number of carbonyl (C=O) groups excluding carboxylic acids is 2. The number of benzene rings is 1. The molecule has 8 heteroatoms. The molecule has 124 valence electrons. The zero-order valence-corrected chi connectivity index (χ0v) is 12.6. The third kappa shape index (κ3) is 5.41. The van der Waals surface area contributed by atoms with Gasteiger partial charge >= 0.3 is 0 Å². The first-order valence-electron chi connectivity index (χ1n) is 7.04. The molecule has 2 rings (SSSR count). The number of amides is 2. The highest BCUT2D eigenvalue weighted by atomic mass is 16.6. The lowest BCUT2D eigenvalue weighted by atomic mass is 10.2. The maximum atomic E-state index is 11.6. The quantitative estimate of drug-likeness (QED) is 0.455. The number of hydrogen-bond acceptors (Lipinski definition) is 5.